The molecule has 4 nitrogen and oxygen atoms in total. The van der Waals surface area contributed by atoms with Crippen LogP contribution < -0.4 is 0 Å². The van der Waals surface area contributed by atoms with Crippen molar-refractivity contribution in [3.8, 4) is 0 Å². The van der Waals surface area contributed by atoms with Crippen LogP contribution in [-0.2, 0) is 13.2 Å². The fourth-order valence-corrected chi connectivity index (χ4v) is 1.73. The van der Waals surface area contributed by atoms with Crippen molar-refractivity contribution < 1.29 is 5.11 Å². The number of aliphatic hydroxyl groups excluding tert-OH is 1. The Balaban J connectivity index is 2.29. The number of aryl methyl sites for hydroxylation is 1. The maximum atomic E-state index is 9.10. The molecule has 5 heteroatoms. The van der Waals surface area contributed by atoms with Gasteiger partial charge in [0.05, 0.1) is 6.54 Å². The molecule has 84 valence electrons. The van der Waals surface area contributed by atoms with Gasteiger partial charge in [0.15, 0.2) is 10.6 Å². The lowest BCUT2D eigenvalue weighted by Gasteiger charge is -2.05. The molecule has 0 aliphatic rings. The molecular weight excluding hydrogens is 222 g/mol. The van der Waals surface area contributed by atoms with E-state index in [0.29, 0.717) is 17.1 Å². The molecule has 0 unspecified atom stereocenters. The van der Waals surface area contributed by atoms with Crippen molar-refractivity contribution in [3.05, 3.63) is 46.0 Å². The van der Waals surface area contributed by atoms with Gasteiger partial charge in [0.25, 0.3) is 0 Å². The van der Waals surface area contributed by atoms with Crippen molar-refractivity contribution >= 4 is 12.2 Å². The van der Waals surface area contributed by atoms with Crippen molar-refractivity contribution in [1.82, 2.24) is 14.8 Å². The Hall–Kier alpha value is -1.46. The minimum absolute atomic E-state index is 0.112. The number of nitrogens with one attached hydrogen (secondary N) is 1. The van der Waals surface area contributed by atoms with Crippen LogP contribution in [0.25, 0.3) is 0 Å². The Bertz CT molecular complexity index is 527. The summed E-state index contributed by atoms with van der Waals surface area (Å²) >= 11 is 5.10. The van der Waals surface area contributed by atoms with Gasteiger partial charge >= 0.3 is 0 Å². The first-order valence-electron chi connectivity index (χ1n) is 5.01. The van der Waals surface area contributed by atoms with Gasteiger partial charge in [-0.2, -0.15) is 5.10 Å². The third-order valence-corrected chi connectivity index (χ3v) is 2.75. The van der Waals surface area contributed by atoms with Gasteiger partial charge in [-0.25, -0.2) is 0 Å². The third kappa shape index (κ3) is 2.20. The molecule has 0 fully saturated rings. The van der Waals surface area contributed by atoms with E-state index in [2.05, 4.69) is 22.3 Å². The van der Waals surface area contributed by atoms with Gasteiger partial charge in [-0.15, -0.1) is 0 Å². The van der Waals surface area contributed by atoms with E-state index in [9.17, 15) is 0 Å². The molecule has 0 bridgehead atoms. The molecule has 0 radical (unpaired) electrons. The smallest absolute Gasteiger partial charge is 0.195 e. The molecule has 0 amide bonds. The van der Waals surface area contributed by atoms with E-state index < -0.39 is 0 Å². The highest BCUT2D eigenvalue weighted by atomic mass is 32.1. The number of H-pyrrole nitrogens is 1. The summed E-state index contributed by atoms with van der Waals surface area (Å²) in [7, 11) is 0. The Morgan fingerprint density at radius 3 is 2.69 bits per heavy atom. The molecule has 0 aliphatic carbocycles. The van der Waals surface area contributed by atoms with Gasteiger partial charge in [0.2, 0.25) is 0 Å². The summed E-state index contributed by atoms with van der Waals surface area (Å²) in [4.78, 5) is 0. The van der Waals surface area contributed by atoms with Gasteiger partial charge in [0, 0.05) is 0 Å². The van der Waals surface area contributed by atoms with Gasteiger partial charge in [-0.3, -0.25) is 9.67 Å². The molecular formula is C11H13N3OS. The first-order chi connectivity index (χ1) is 7.70. The summed E-state index contributed by atoms with van der Waals surface area (Å²) in [6.45, 7) is 2.57. The molecule has 0 saturated heterocycles. The largest absolute Gasteiger partial charge is 0.388 e. The van der Waals surface area contributed by atoms with E-state index >= 15 is 0 Å². The van der Waals surface area contributed by atoms with Gasteiger partial charge < -0.3 is 5.11 Å². The Morgan fingerprint density at radius 2 is 2.06 bits per heavy atom. The molecule has 1 heterocycles. The molecule has 1 aromatic heterocycles. The van der Waals surface area contributed by atoms with E-state index in [4.69, 9.17) is 17.3 Å². The van der Waals surface area contributed by atoms with E-state index in [-0.39, 0.29) is 6.61 Å². The number of aromatic nitrogens is 3. The third-order valence-electron chi connectivity index (χ3n) is 2.44. The van der Waals surface area contributed by atoms with Crippen molar-refractivity contribution in [2.45, 2.75) is 20.1 Å². The normalized spacial score (nSPS) is 10.6. The van der Waals surface area contributed by atoms with Crippen LogP contribution in [0.1, 0.15) is 17.0 Å². The van der Waals surface area contributed by atoms with Crippen LogP contribution in [0.2, 0.25) is 0 Å². The molecule has 16 heavy (non-hydrogen) atoms. The SMILES string of the molecule is Cc1ccc(Cn2c(CO)n[nH]c2=S)cc1. The van der Waals surface area contributed by atoms with Crippen molar-refractivity contribution in [2.24, 2.45) is 0 Å². The van der Waals surface area contributed by atoms with Gasteiger partial charge in [0.1, 0.15) is 6.61 Å². The first kappa shape index (κ1) is 11.0. The molecule has 0 saturated carbocycles. The lowest BCUT2D eigenvalue weighted by atomic mass is 10.1. The lowest BCUT2D eigenvalue weighted by molar-refractivity contribution is 0.265. The predicted octanol–water partition coefficient (Wildman–Crippen LogP) is 1.79. The lowest BCUT2D eigenvalue weighted by Crippen LogP contribution is -2.05. The molecule has 2 rings (SSSR count). The van der Waals surface area contributed by atoms with Crippen molar-refractivity contribution in [1.29, 1.82) is 0 Å². The maximum Gasteiger partial charge on any atom is 0.195 e. The van der Waals surface area contributed by atoms with E-state index in [1.54, 1.807) is 4.57 Å². The average molecular weight is 235 g/mol. The summed E-state index contributed by atoms with van der Waals surface area (Å²) in [5.41, 5.74) is 2.36. The topological polar surface area (TPSA) is 53.8 Å². The molecule has 2 aromatic rings. The van der Waals surface area contributed by atoms with Crippen LogP contribution in [-0.4, -0.2) is 19.9 Å². The highest BCUT2D eigenvalue weighted by molar-refractivity contribution is 7.71. The number of rotatable bonds is 3. The quantitative estimate of drug-likeness (QED) is 0.797. The number of aromatic amines is 1. The number of benzene rings is 1. The molecule has 0 atom stereocenters. The fraction of sp³-hybridized carbons (Fsp3) is 0.273. The fourth-order valence-electron chi connectivity index (χ4n) is 1.51. The molecule has 0 aliphatic heterocycles. The summed E-state index contributed by atoms with van der Waals surface area (Å²) in [5, 5.41) is 15.7. The maximum absolute atomic E-state index is 9.10. The molecule has 2 N–H and O–H groups in total. The monoisotopic (exact) mass is 235 g/mol. The van der Waals surface area contributed by atoms with Crippen LogP contribution in [0.15, 0.2) is 24.3 Å². The first-order valence-corrected chi connectivity index (χ1v) is 5.42. The van der Waals surface area contributed by atoms with Crippen LogP contribution in [0.5, 0.6) is 0 Å². The summed E-state index contributed by atoms with van der Waals surface area (Å²) < 4.78 is 2.32. The highest BCUT2D eigenvalue weighted by Crippen LogP contribution is 2.07. The molecule has 1 aromatic carbocycles. The minimum atomic E-state index is -0.112. The summed E-state index contributed by atoms with van der Waals surface area (Å²) in [6.07, 6.45) is 0. The second-order valence-corrected chi connectivity index (χ2v) is 4.06. The van der Waals surface area contributed by atoms with Crippen LogP contribution in [0, 0.1) is 11.7 Å². The minimum Gasteiger partial charge on any atom is -0.388 e. The number of hydrogen-bond donors (Lipinski definition) is 2. The zero-order chi connectivity index (χ0) is 11.5. The van der Waals surface area contributed by atoms with E-state index in [1.165, 1.54) is 5.56 Å². The standard InChI is InChI=1S/C11H13N3OS/c1-8-2-4-9(5-3-8)6-14-10(7-15)12-13-11(14)16/h2-5,15H,6-7H2,1H3,(H,13,16). The second kappa shape index (κ2) is 4.59. The number of aliphatic hydroxyl groups is 1. The summed E-state index contributed by atoms with van der Waals surface area (Å²) in [5.74, 6) is 0.561. The second-order valence-electron chi connectivity index (χ2n) is 3.67. The van der Waals surface area contributed by atoms with Crippen LogP contribution in [0.4, 0.5) is 0 Å². The average Bonchev–Trinajstić information content (AvgIpc) is 2.63. The zero-order valence-electron chi connectivity index (χ0n) is 8.97. The highest BCUT2D eigenvalue weighted by Gasteiger charge is 2.04. The van der Waals surface area contributed by atoms with Crippen molar-refractivity contribution in [3.63, 3.8) is 0 Å². The summed E-state index contributed by atoms with van der Waals surface area (Å²) in [6, 6.07) is 8.20. The Morgan fingerprint density at radius 1 is 1.38 bits per heavy atom. The predicted molar refractivity (Wildman–Crippen MR) is 63.6 cm³/mol. The van der Waals surface area contributed by atoms with Gasteiger partial charge in [-0.1, -0.05) is 29.8 Å². The van der Waals surface area contributed by atoms with Gasteiger partial charge in [-0.05, 0) is 24.7 Å². The Labute approximate surface area is 98.6 Å². The van der Waals surface area contributed by atoms with Crippen LogP contribution >= 0.6 is 12.2 Å². The number of nitrogens with zero attached hydrogens (tertiary/aromatic N) is 2. The molecule has 0 spiro atoms. The number of hydrogen-bond acceptors (Lipinski definition) is 3. The van der Waals surface area contributed by atoms with Crippen molar-refractivity contribution in [2.75, 3.05) is 0 Å². The van der Waals surface area contributed by atoms with Crippen LogP contribution in [0.3, 0.4) is 0 Å². The van der Waals surface area contributed by atoms with E-state index in [1.807, 2.05) is 19.1 Å². The Kier molecular flexibility index (Phi) is 3.17. The van der Waals surface area contributed by atoms with E-state index in [0.717, 1.165) is 5.56 Å². The zero-order valence-corrected chi connectivity index (χ0v) is 9.79.